The van der Waals surface area contributed by atoms with E-state index in [1.54, 1.807) is 17.0 Å². The number of carbonyl (C=O) groups excluding carboxylic acids is 1. The highest BCUT2D eigenvalue weighted by Gasteiger charge is 2.37. The van der Waals surface area contributed by atoms with E-state index in [-0.39, 0.29) is 6.03 Å². The van der Waals surface area contributed by atoms with Crippen molar-refractivity contribution >= 4 is 23.3 Å². The van der Waals surface area contributed by atoms with Gasteiger partial charge >= 0.3 is 6.03 Å². The largest absolute Gasteiger partial charge is 0.324 e. The standard InChI is InChI=1S/C19H18ClN3O/c20-16-8-4-5-9-17(16)22-18(24)23-12-10-19(14-21,11-13-23)15-6-2-1-3-7-15/h1-9H,10-13H2,(H,22,24). The Morgan fingerprint density at radius 3 is 2.33 bits per heavy atom. The van der Waals surface area contributed by atoms with Crippen LogP contribution in [0, 0.1) is 11.3 Å². The van der Waals surface area contributed by atoms with E-state index in [0.717, 1.165) is 5.56 Å². The molecule has 4 nitrogen and oxygen atoms in total. The summed E-state index contributed by atoms with van der Waals surface area (Å²) >= 11 is 6.08. The number of hydrogen-bond acceptors (Lipinski definition) is 2. The minimum Gasteiger partial charge on any atom is -0.324 e. The van der Waals surface area contributed by atoms with Gasteiger partial charge in [-0.3, -0.25) is 0 Å². The molecule has 0 spiro atoms. The predicted molar refractivity (Wildman–Crippen MR) is 95.0 cm³/mol. The molecule has 1 aliphatic rings. The highest BCUT2D eigenvalue weighted by molar-refractivity contribution is 6.33. The molecular formula is C19H18ClN3O. The van der Waals surface area contributed by atoms with Gasteiger partial charge in [-0.1, -0.05) is 54.1 Å². The molecule has 1 aliphatic heterocycles. The first-order chi connectivity index (χ1) is 11.6. The molecule has 0 aromatic heterocycles. The van der Waals surface area contributed by atoms with Gasteiger partial charge in [-0.2, -0.15) is 5.26 Å². The molecule has 2 aromatic rings. The molecule has 1 N–H and O–H groups in total. The fourth-order valence-electron chi connectivity index (χ4n) is 3.07. The first-order valence-electron chi connectivity index (χ1n) is 7.92. The fourth-order valence-corrected chi connectivity index (χ4v) is 3.25. The van der Waals surface area contributed by atoms with Crippen molar-refractivity contribution in [2.24, 2.45) is 0 Å². The Balaban J connectivity index is 1.67. The van der Waals surface area contributed by atoms with Crippen LogP contribution in [-0.2, 0) is 5.41 Å². The zero-order chi connectivity index (χ0) is 17.0. The van der Waals surface area contributed by atoms with Crippen LogP contribution in [0.15, 0.2) is 54.6 Å². The van der Waals surface area contributed by atoms with Crippen LogP contribution in [0.3, 0.4) is 0 Å². The number of rotatable bonds is 2. The smallest absolute Gasteiger partial charge is 0.321 e. The highest BCUT2D eigenvalue weighted by Crippen LogP contribution is 2.35. The summed E-state index contributed by atoms with van der Waals surface area (Å²) in [5, 5.41) is 13.1. The van der Waals surface area contributed by atoms with Crippen molar-refractivity contribution in [3.8, 4) is 6.07 Å². The van der Waals surface area contributed by atoms with Crippen LogP contribution in [0.5, 0.6) is 0 Å². The zero-order valence-electron chi connectivity index (χ0n) is 13.2. The maximum atomic E-state index is 12.4. The van der Waals surface area contributed by atoms with Gasteiger partial charge in [0, 0.05) is 13.1 Å². The second-order valence-corrected chi connectivity index (χ2v) is 6.36. The van der Waals surface area contributed by atoms with Crippen molar-refractivity contribution in [1.29, 1.82) is 5.26 Å². The average molecular weight is 340 g/mol. The lowest BCUT2D eigenvalue weighted by molar-refractivity contribution is 0.183. The molecule has 1 heterocycles. The maximum Gasteiger partial charge on any atom is 0.321 e. The summed E-state index contributed by atoms with van der Waals surface area (Å²) < 4.78 is 0. The number of para-hydroxylation sites is 1. The summed E-state index contributed by atoms with van der Waals surface area (Å²) in [5.74, 6) is 0. The van der Waals surface area contributed by atoms with Crippen LogP contribution in [-0.4, -0.2) is 24.0 Å². The monoisotopic (exact) mass is 339 g/mol. The van der Waals surface area contributed by atoms with E-state index in [4.69, 9.17) is 11.6 Å². The summed E-state index contributed by atoms with van der Waals surface area (Å²) in [6.45, 7) is 1.08. The van der Waals surface area contributed by atoms with Crippen molar-refractivity contribution < 1.29 is 4.79 Å². The number of likely N-dealkylation sites (tertiary alicyclic amines) is 1. The van der Waals surface area contributed by atoms with Gasteiger partial charge < -0.3 is 10.2 Å². The topological polar surface area (TPSA) is 56.1 Å². The number of halogens is 1. The maximum absolute atomic E-state index is 12.4. The third kappa shape index (κ3) is 3.22. The van der Waals surface area contributed by atoms with E-state index in [1.165, 1.54) is 0 Å². The van der Waals surface area contributed by atoms with Gasteiger partial charge in [0.2, 0.25) is 0 Å². The number of nitriles is 1. The molecular weight excluding hydrogens is 322 g/mol. The minimum atomic E-state index is -0.511. The molecule has 2 amide bonds. The second kappa shape index (κ2) is 6.94. The summed E-state index contributed by atoms with van der Waals surface area (Å²) in [6.07, 6.45) is 1.26. The van der Waals surface area contributed by atoms with E-state index in [2.05, 4.69) is 11.4 Å². The molecule has 122 valence electrons. The van der Waals surface area contributed by atoms with Crippen LogP contribution in [0.4, 0.5) is 10.5 Å². The molecule has 1 fully saturated rings. The highest BCUT2D eigenvalue weighted by atomic mass is 35.5. The Hall–Kier alpha value is -2.51. The van der Waals surface area contributed by atoms with E-state index < -0.39 is 5.41 Å². The lowest BCUT2D eigenvalue weighted by Gasteiger charge is -2.37. The zero-order valence-corrected chi connectivity index (χ0v) is 14.0. The normalized spacial score (nSPS) is 16.2. The third-order valence-corrected chi connectivity index (χ3v) is 4.89. The van der Waals surface area contributed by atoms with Crippen molar-refractivity contribution in [1.82, 2.24) is 4.90 Å². The van der Waals surface area contributed by atoms with E-state index in [1.807, 2.05) is 42.5 Å². The number of hydrogen-bond donors (Lipinski definition) is 1. The number of nitrogens with one attached hydrogen (secondary N) is 1. The number of benzene rings is 2. The van der Waals surface area contributed by atoms with Crippen molar-refractivity contribution in [2.75, 3.05) is 18.4 Å². The number of piperidine rings is 1. The van der Waals surface area contributed by atoms with Gasteiger partial charge in [-0.15, -0.1) is 0 Å². The number of carbonyl (C=O) groups is 1. The van der Waals surface area contributed by atoms with E-state index in [9.17, 15) is 10.1 Å². The first kappa shape index (κ1) is 16.4. The fraction of sp³-hybridized carbons (Fsp3) is 0.263. The molecule has 3 rings (SSSR count). The first-order valence-corrected chi connectivity index (χ1v) is 8.30. The van der Waals surface area contributed by atoms with Crippen molar-refractivity contribution in [3.05, 3.63) is 65.2 Å². The predicted octanol–water partition coefficient (Wildman–Crippen LogP) is 4.43. The summed E-state index contributed by atoms with van der Waals surface area (Å²) in [6, 6.07) is 19.3. The average Bonchev–Trinajstić information content (AvgIpc) is 2.64. The Morgan fingerprint density at radius 2 is 1.71 bits per heavy atom. The lowest BCUT2D eigenvalue weighted by Crippen LogP contribution is -2.46. The Labute approximate surface area is 146 Å². The molecule has 1 saturated heterocycles. The molecule has 0 aliphatic carbocycles. The Morgan fingerprint density at radius 1 is 1.08 bits per heavy atom. The third-order valence-electron chi connectivity index (χ3n) is 4.56. The lowest BCUT2D eigenvalue weighted by atomic mass is 9.74. The van der Waals surface area contributed by atoms with E-state index >= 15 is 0 Å². The summed E-state index contributed by atoms with van der Waals surface area (Å²) in [7, 11) is 0. The molecule has 0 unspecified atom stereocenters. The minimum absolute atomic E-state index is 0.178. The van der Waals surface area contributed by atoms with Gasteiger partial charge in [-0.05, 0) is 30.5 Å². The van der Waals surface area contributed by atoms with Crippen LogP contribution >= 0.6 is 11.6 Å². The van der Waals surface area contributed by atoms with E-state index in [0.29, 0.717) is 36.6 Å². The second-order valence-electron chi connectivity index (χ2n) is 5.96. The number of nitrogens with zero attached hydrogens (tertiary/aromatic N) is 2. The molecule has 0 saturated carbocycles. The number of amides is 2. The molecule has 2 aromatic carbocycles. The van der Waals surface area contributed by atoms with Crippen LogP contribution in [0.2, 0.25) is 5.02 Å². The van der Waals surface area contributed by atoms with Crippen LogP contribution in [0.1, 0.15) is 18.4 Å². The van der Waals surface area contributed by atoms with Crippen LogP contribution < -0.4 is 5.32 Å². The number of urea groups is 1. The van der Waals surface area contributed by atoms with Gasteiger partial charge in [0.15, 0.2) is 0 Å². The summed E-state index contributed by atoms with van der Waals surface area (Å²) in [4.78, 5) is 14.2. The van der Waals surface area contributed by atoms with Crippen LogP contribution in [0.25, 0.3) is 0 Å². The molecule has 0 atom stereocenters. The van der Waals surface area contributed by atoms with Crippen molar-refractivity contribution in [3.63, 3.8) is 0 Å². The van der Waals surface area contributed by atoms with Gasteiger partial charge in [0.05, 0.1) is 22.2 Å². The Kier molecular flexibility index (Phi) is 4.73. The van der Waals surface area contributed by atoms with Gasteiger partial charge in [0.25, 0.3) is 0 Å². The van der Waals surface area contributed by atoms with Crippen molar-refractivity contribution in [2.45, 2.75) is 18.3 Å². The van der Waals surface area contributed by atoms with Gasteiger partial charge in [0.1, 0.15) is 0 Å². The summed E-state index contributed by atoms with van der Waals surface area (Å²) in [5.41, 5.74) is 1.12. The quantitative estimate of drug-likeness (QED) is 0.880. The number of anilines is 1. The molecule has 0 radical (unpaired) electrons. The molecule has 0 bridgehead atoms. The van der Waals surface area contributed by atoms with Gasteiger partial charge in [-0.25, -0.2) is 4.79 Å². The molecule has 24 heavy (non-hydrogen) atoms. The SMILES string of the molecule is N#CC1(c2ccccc2)CCN(C(=O)Nc2ccccc2Cl)CC1. The molecule has 5 heteroatoms. The Bertz CT molecular complexity index is 762.